The van der Waals surface area contributed by atoms with E-state index in [1.54, 1.807) is 12.1 Å². The van der Waals surface area contributed by atoms with Crippen molar-refractivity contribution in [3.8, 4) is 0 Å². The van der Waals surface area contributed by atoms with Crippen LogP contribution in [0.5, 0.6) is 0 Å². The number of carbonyl (C=O) groups is 1. The van der Waals surface area contributed by atoms with Gasteiger partial charge in [0.2, 0.25) is 5.91 Å². The molecule has 0 heterocycles. The average molecular weight is 236 g/mol. The molecule has 0 spiro atoms. The van der Waals surface area contributed by atoms with Gasteiger partial charge in [-0.3, -0.25) is 4.79 Å². The average Bonchev–Trinajstić information content (AvgIpc) is 2.34. The van der Waals surface area contributed by atoms with Crippen LogP contribution in [0.1, 0.15) is 35.7 Å². The molecule has 1 aromatic rings. The lowest BCUT2D eigenvalue weighted by atomic mass is 10.1. The van der Waals surface area contributed by atoms with Crippen molar-refractivity contribution in [1.82, 2.24) is 5.32 Å². The van der Waals surface area contributed by atoms with Crippen molar-refractivity contribution < 1.29 is 9.90 Å². The summed E-state index contributed by atoms with van der Waals surface area (Å²) >= 11 is 0. The summed E-state index contributed by atoms with van der Waals surface area (Å²) in [4.78, 5) is 11.2. The normalized spacial score (nSPS) is 12.4. The lowest BCUT2D eigenvalue weighted by molar-refractivity contribution is 0.0999. The molecule has 1 rings (SSSR count). The summed E-state index contributed by atoms with van der Waals surface area (Å²) in [5.41, 5.74) is 6.73. The first-order valence-electron chi connectivity index (χ1n) is 5.91. The Kier molecular flexibility index (Phi) is 5.66. The van der Waals surface area contributed by atoms with Crippen LogP contribution in [0, 0.1) is 0 Å². The van der Waals surface area contributed by atoms with Crippen LogP contribution in [-0.4, -0.2) is 23.7 Å². The number of nitrogens with one attached hydrogen (secondary N) is 1. The Morgan fingerprint density at radius 3 is 2.82 bits per heavy atom. The third kappa shape index (κ3) is 4.54. The maximum Gasteiger partial charge on any atom is 0.249 e. The van der Waals surface area contributed by atoms with E-state index in [4.69, 9.17) is 5.73 Å². The molecule has 0 saturated carbocycles. The van der Waals surface area contributed by atoms with E-state index >= 15 is 0 Å². The molecule has 0 saturated heterocycles. The molecular weight excluding hydrogens is 216 g/mol. The van der Waals surface area contributed by atoms with Crippen LogP contribution in [0.3, 0.4) is 0 Å². The van der Waals surface area contributed by atoms with Crippen molar-refractivity contribution in [3.05, 3.63) is 35.4 Å². The number of primary amides is 1. The molecular formula is C13H20N2O2. The summed E-state index contributed by atoms with van der Waals surface area (Å²) in [6.07, 6.45) is 1.23. The standard InChI is InChI=1S/C13H20N2O2/c1-2-11(16)7-8-15-9-10-5-3-4-6-12(10)13(14)17/h3-6,11,15-16H,2,7-9H2,1H3,(H2,14,17). The van der Waals surface area contributed by atoms with Gasteiger partial charge in [-0.25, -0.2) is 0 Å². The minimum atomic E-state index is -0.406. The van der Waals surface area contributed by atoms with E-state index in [1.807, 2.05) is 19.1 Å². The highest BCUT2D eigenvalue weighted by molar-refractivity contribution is 5.94. The van der Waals surface area contributed by atoms with Crippen LogP contribution in [-0.2, 0) is 6.54 Å². The molecule has 1 aromatic carbocycles. The summed E-state index contributed by atoms with van der Waals surface area (Å²) in [6.45, 7) is 3.27. The summed E-state index contributed by atoms with van der Waals surface area (Å²) in [6, 6.07) is 7.28. The minimum absolute atomic E-state index is 0.256. The van der Waals surface area contributed by atoms with Gasteiger partial charge >= 0.3 is 0 Å². The molecule has 0 bridgehead atoms. The van der Waals surface area contributed by atoms with Gasteiger partial charge in [-0.15, -0.1) is 0 Å². The summed E-state index contributed by atoms with van der Waals surface area (Å²) < 4.78 is 0. The Morgan fingerprint density at radius 2 is 2.18 bits per heavy atom. The number of amides is 1. The second-order valence-electron chi connectivity index (χ2n) is 4.05. The summed E-state index contributed by atoms with van der Waals surface area (Å²) in [7, 11) is 0. The van der Waals surface area contributed by atoms with E-state index < -0.39 is 5.91 Å². The first kappa shape index (κ1) is 13.7. The number of hydrogen-bond acceptors (Lipinski definition) is 3. The molecule has 1 amide bonds. The van der Waals surface area contributed by atoms with Gasteiger partial charge in [0.1, 0.15) is 0 Å². The quantitative estimate of drug-likeness (QED) is 0.619. The Hall–Kier alpha value is -1.39. The maximum absolute atomic E-state index is 11.2. The number of aliphatic hydroxyl groups is 1. The SMILES string of the molecule is CCC(O)CCNCc1ccccc1C(N)=O. The minimum Gasteiger partial charge on any atom is -0.393 e. The van der Waals surface area contributed by atoms with E-state index in [9.17, 15) is 9.90 Å². The molecule has 1 atom stereocenters. The largest absolute Gasteiger partial charge is 0.393 e. The lowest BCUT2D eigenvalue weighted by Crippen LogP contribution is -2.22. The van der Waals surface area contributed by atoms with Crippen molar-refractivity contribution in [2.75, 3.05) is 6.54 Å². The molecule has 4 N–H and O–H groups in total. The Labute approximate surface area is 102 Å². The van der Waals surface area contributed by atoms with Gasteiger partial charge in [-0.2, -0.15) is 0 Å². The number of aliphatic hydroxyl groups excluding tert-OH is 1. The predicted molar refractivity (Wildman–Crippen MR) is 67.6 cm³/mol. The van der Waals surface area contributed by atoms with Crippen LogP contribution in [0.25, 0.3) is 0 Å². The van der Waals surface area contributed by atoms with Gasteiger partial charge < -0.3 is 16.2 Å². The van der Waals surface area contributed by atoms with Crippen LogP contribution in [0.2, 0.25) is 0 Å². The zero-order valence-corrected chi connectivity index (χ0v) is 10.1. The molecule has 0 aromatic heterocycles. The van der Waals surface area contributed by atoms with E-state index in [0.29, 0.717) is 12.1 Å². The Bertz CT molecular complexity index is 366. The number of benzene rings is 1. The number of hydrogen-bond donors (Lipinski definition) is 3. The van der Waals surface area contributed by atoms with Crippen molar-refractivity contribution in [1.29, 1.82) is 0 Å². The van der Waals surface area contributed by atoms with Crippen LogP contribution in [0.15, 0.2) is 24.3 Å². The molecule has 0 radical (unpaired) electrons. The fraction of sp³-hybridized carbons (Fsp3) is 0.462. The first-order valence-corrected chi connectivity index (χ1v) is 5.91. The van der Waals surface area contributed by atoms with E-state index in [-0.39, 0.29) is 6.10 Å². The van der Waals surface area contributed by atoms with Crippen molar-refractivity contribution in [2.45, 2.75) is 32.4 Å². The summed E-state index contributed by atoms with van der Waals surface area (Å²) in [5, 5.41) is 12.6. The van der Waals surface area contributed by atoms with Crippen molar-refractivity contribution in [3.63, 3.8) is 0 Å². The highest BCUT2D eigenvalue weighted by Gasteiger charge is 2.06. The van der Waals surface area contributed by atoms with Gasteiger partial charge in [-0.1, -0.05) is 25.1 Å². The monoisotopic (exact) mass is 236 g/mol. The van der Waals surface area contributed by atoms with Gasteiger partial charge in [0.05, 0.1) is 6.10 Å². The molecule has 0 aliphatic carbocycles. The molecule has 94 valence electrons. The second kappa shape index (κ2) is 7.04. The molecule has 0 aliphatic heterocycles. The second-order valence-corrected chi connectivity index (χ2v) is 4.05. The number of nitrogens with two attached hydrogens (primary N) is 1. The first-order chi connectivity index (χ1) is 8.15. The Morgan fingerprint density at radius 1 is 1.47 bits per heavy atom. The van der Waals surface area contributed by atoms with E-state index in [0.717, 1.165) is 24.9 Å². The zero-order chi connectivity index (χ0) is 12.7. The number of carbonyl (C=O) groups excluding carboxylic acids is 1. The molecule has 4 heteroatoms. The fourth-order valence-corrected chi connectivity index (χ4v) is 1.61. The highest BCUT2D eigenvalue weighted by atomic mass is 16.3. The van der Waals surface area contributed by atoms with Crippen molar-refractivity contribution >= 4 is 5.91 Å². The molecule has 0 aliphatic rings. The summed E-state index contributed by atoms with van der Waals surface area (Å²) in [5.74, 6) is -0.406. The van der Waals surface area contributed by atoms with Gasteiger partial charge in [0, 0.05) is 12.1 Å². The molecule has 1 unspecified atom stereocenters. The fourth-order valence-electron chi connectivity index (χ4n) is 1.61. The van der Waals surface area contributed by atoms with Gasteiger partial charge in [0.25, 0.3) is 0 Å². The smallest absolute Gasteiger partial charge is 0.249 e. The lowest BCUT2D eigenvalue weighted by Gasteiger charge is -2.10. The maximum atomic E-state index is 11.2. The van der Waals surface area contributed by atoms with Crippen molar-refractivity contribution in [2.24, 2.45) is 5.73 Å². The third-order valence-electron chi connectivity index (χ3n) is 2.72. The van der Waals surface area contributed by atoms with E-state index in [2.05, 4.69) is 5.32 Å². The molecule has 0 fully saturated rings. The van der Waals surface area contributed by atoms with Crippen LogP contribution in [0.4, 0.5) is 0 Å². The van der Waals surface area contributed by atoms with Gasteiger partial charge in [-0.05, 0) is 31.0 Å². The molecule has 4 nitrogen and oxygen atoms in total. The third-order valence-corrected chi connectivity index (χ3v) is 2.72. The predicted octanol–water partition coefficient (Wildman–Crippen LogP) is 1.04. The number of rotatable bonds is 7. The van der Waals surface area contributed by atoms with Crippen LogP contribution < -0.4 is 11.1 Å². The topological polar surface area (TPSA) is 75.3 Å². The zero-order valence-electron chi connectivity index (χ0n) is 10.1. The Balaban J connectivity index is 2.44. The highest BCUT2D eigenvalue weighted by Crippen LogP contribution is 2.07. The van der Waals surface area contributed by atoms with Crippen LogP contribution >= 0.6 is 0 Å². The van der Waals surface area contributed by atoms with Gasteiger partial charge in [0.15, 0.2) is 0 Å². The molecule has 17 heavy (non-hydrogen) atoms. The van der Waals surface area contributed by atoms with E-state index in [1.165, 1.54) is 0 Å².